The van der Waals surface area contributed by atoms with Crippen molar-refractivity contribution in [1.82, 2.24) is 0 Å². The van der Waals surface area contributed by atoms with Crippen LogP contribution in [-0.4, -0.2) is 0 Å². The van der Waals surface area contributed by atoms with E-state index in [-0.39, 0.29) is 0 Å². The predicted octanol–water partition coefficient (Wildman–Crippen LogP) is 4.74. The average Bonchev–Trinajstić information content (AvgIpc) is 2.76. The summed E-state index contributed by atoms with van der Waals surface area (Å²) in [6, 6.07) is 0. The molecule has 0 nitrogen and oxygen atoms in total. The van der Waals surface area contributed by atoms with Crippen molar-refractivity contribution in [2.24, 2.45) is 11.8 Å². The van der Waals surface area contributed by atoms with Crippen molar-refractivity contribution in [2.45, 2.75) is 61.8 Å². The molecule has 1 aliphatic rings. The Kier molecular flexibility index (Phi) is 25.8. The van der Waals surface area contributed by atoms with Crippen molar-refractivity contribution >= 4 is 0 Å². The molecule has 0 aromatic carbocycles. The predicted molar refractivity (Wildman–Crippen MR) is 57.0 cm³/mol. The Morgan fingerprint density at radius 2 is 0.727 bits per heavy atom. The van der Waals surface area contributed by atoms with E-state index in [0.29, 0.717) is 0 Å². The summed E-state index contributed by atoms with van der Waals surface area (Å²) in [6.07, 6.45) is 1.47. The maximum absolute atomic E-state index is 2.30. The quantitative estimate of drug-likeness (QED) is 0.480. The molecule has 1 saturated carbocycles. The fourth-order valence-corrected chi connectivity index (χ4v) is 0.508. The molecule has 0 heterocycles. The van der Waals surface area contributed by atoms with Crippen molar-refractivity contribution in [1.29, 1.82) is 0 Å². The first-order valence-electron chi connectivity index (χ1n) is 5.30. The molecule has 0 saturated heterocycles. The van der Waals surface area contributed by atoms with E-state index in [1.807, 2.05) is 41.5 Å². The zero-order valence-corrected chi connectivity index (χ0v) is 9.86. The van der Waals surface area contributed by atoms with E-state index in [2.05, 4.69) is 13.8 Å². The van der Waals surface area contributed by atoms with Gasteiger partial charge in [-0.15, -0.1) is 0 Å². The molecule has 0 radical (unpaired) electrons. The van der Waals surface area contributed by atoms with Crippen LogP contribution < -0.4 is 0 Å². The summed E-state index contributed by atoms with van der Waals surface area (Å²) in [6.45, 7) is 16.6. The molecule has 0 bridgehead atoms. The van der Waals surface area contributed by atoms with Crippen LogP contribution in [-0.2, 0) is 0 Å². The van der Waals surface area contributed by atoms with Crippen LogP contribution in [0.15, 0.2) is 0 Å². The smallest absolute Gasteiger partial charge is 0.0414 e. The Bertz CT molecular complexity index is 33.3. The van der Waals surface area contributed by atoms with Gasteiger partial charge >= 0.3 is 0 Å². The highest BCUT2D eigenvalue weighted by Crippen LogP contribution is 2.36. The van der Waals surface area contributed by atoms with Crippen LogP contribution in [0.2, 0.25) is 0 Å². The number of hydrogen-bond donors (Lipinski definition) is 0. The molecule has 0 aromatic rings. The van der Waals surface area contributed by atoms with Crippen LogP contribution in [0.25, 0.3) is 0 Å². The van der Waals surface area contributed by atoms with Crippen LogP contribution >= 0.6 is 0 Å². The summed E-state index contributed by atoms with van der Waals surface area (Å²) in [5.41, 5.74) is 0. The van der Waals surface area contributed by atoms with E-state index >= 15 is 0 Å². The molecule has 0 aliphatic heterocycles. The lowest BCUT2D eigenvalue weighted by Gasteiger charge is -1.66. The molecule has 0 amide bonds. The van der Waals surface area contributed by atoms with Crippen LogP contribution in [0.5, 0.6) is 0 Å². The summed E-state index contributed by atoms with van der Waals surface area (Å²) in [5, 5.41) is 0. The van der Waals surface area contributed by atoms with E-state index in [4.69, 9.17) is 0 Å². The summed E-state index contributed by atoms with van der Waals surface area (Å²) in [7, 11) is 0. The Balaban J connectivity index is -0.0000000933. The number of hydrogen-bond acceptors (Lipinski definition) is 0. The highest BCUT2D eigenvalue weighted by atomic mass is 14.3. The molecule has 11 heavy (non-hydrogen) atoms. The molecule has 1 rings (SSSR count). The van der Waals surface area contributed by atoms with Gasteiger partial charge < -0.3 is 0 Å². The summed E-state index contributed by atoms with van der Waals surface area (Å²) >= 11 is 0. The zero-order valence-electron chi connectivity index (χ0n) is 9.86. The summed E-state index contributed by atoms with van der Waals surface area (Å²) in [5.74, 6) is 2.10. The lowest BCUT2D eigenvalue weighted by molar-refractivity contribution is 0.834. The van der Waals surface area contributed by atoms with Crippen molar-refractivity contribution < 1.29 is 0 Å². The Morgan fingerprint density at radius 1 is 0.636 bits per heavy atom. The highest BCUT2D eigenvalue weighted by Gasteiger charge is 2.26. The molecular formula is C11H28. The van der Waals surface area contributed by atoms with Gasteiger partial charge in [-0.05, 0) is 18.3 Å². The maximum Gasteiger partial charge on any atom is -0.0414 e. The third-order valence-electron chi connectivity index (χ3n) is 1.51. The van der Waals surface area contributed by atoms with Crippen molar-refractivity contribution in [3.63, 3.8) is 0 Å². The standard InChI is InChI=1S/C5H10.3C2H6/c1-4-3-5(4)2;3*1-2/h4-5H,3H2,1-2H3;3*1-2H3. The first kappa shape index (κ1) is 17.2. The molecule has 1 fully saturated rings. The second kappa shape index (κ2) is 16.5. The van der Waals surface area contributed by atoms with Gasteiger partial charge in [0.1, 0.15) is 0 Å². The van der Waals surface area contributed by atoms with Gasteiger partial charge in [-0.2, -0.15) is 0 Å². The van der Waals surface area contributed by atoms with Gasteiger partial charge in [0.25, 0.3) is 0 Å². The van der Waals surface area contributed by atoms with E-state index in [1.165, 1.54) is 6.42 Å². The van der Waals surface area contributed by atoms with E-state index < -0.39 is 0 Å². The second-order valence-corrected chi connectivity index (χ2v) is 2.19. The van der Waals surface area contributed by atoms with Gasteiger partial charge in [0, 0.05) is 0 Å². The highest BCUT2D eigenvalue weighted by molar-refractivity contribution is 4.76. The molecule has 72 valence electrons. The van der Waals surface area contributed by atoms with Crippen LogP contribution in [0.3, 0.4) is 0 Å². The van der Waals surface area contributed by atoms with E-state index in [9.17, 15) is 0 Å². The molecule has 1 aliphatic carbocycles. The summed E-state index contributed by atoms with van der Waals surface area (Å²) < 4.78 is 0. The number of rotatable bonds is 0. The topological polar surface area (TPSA) is 0 Å². The lowest BCUT2D eigenvalue weighted by Crippen LogP contribution is -1.58. The Labute approximate surface area is 74.4 Å². The Hall–Kier alpha value is 0. The molecule has 2 atom stereocenters. The fraction of sp³-hybridized carbons (Fsp3) is 1.00. The average molecular weight is 160 g/mol. The Morgan fingerprint density at radius 3 is 0.727 bits per heavy atom. The summed E-state index contributed by atoms with van der Waals surface area (Å²) in [4.78, 5) is 0. The molecule has 0 heteroatoms. The first-order valence-corrected chi connectivity index (χ1v) is 5.30. The van der Waals surface area contributed by atoms with Crippen LogP contribution in [0, 0.1) is 11.8 Å². The van der Waals surface area contributed by atoms with Gasteiger partial charge in [-0.25, -0.2) is 0 Å². The van der Waals surface area contributed by atoms with Gasteiger partial charge in [0.05, 0.1) is 0 Å². The van der Waals surface area contributed by atoms with Gasteiger partial charge in [-0.3, -0.25) is 0 Å². The molecule has 0 spiro atoms. The minimum atomic E-state index is 1.05. The monoisotopic (exact) mass is 160 g/mol. The normalized spacial score (nSPS) is 24.0. The zero-order chi connectivity index (χ0) is 9.86. The van der Waals surface area contributed by atoms with Crippen molar-refractivity contribution in [3.05, 3.63) is 0 Å². The second-order valence-electron chi connectivity index (χ2n) is 2.19. The molecule has 0 aromatic heterocycles. The minimum absolute atomic E-state index is 1.05. The fourth-order valence-electron chi connectivity index (χ4n) is 0.508. The largest absolute Gasteiger partial charge is 0.0683 e. The molecule has 0 N–H and O–H groups in total. The third kappa shape index (κ3) is 17.8. The van der Waals surface area contributed by atoms with E-state index in [0.717, 1.165) is 11.8 Å². The first-order chi connectivity index (χ1) is 5.30. The van der Waals surface area contributed by atoms with Crippen LogP contribution in [0.4, 0.5) is 0 Å². The van der Waals surface area contributed by atoms with Crippen molar-refractivity contribution in [3.8, 4) is 0 Å². The van der Waals surface area contributed by atoms with Crippen LogP contribution in [0.1, 0.15) is 61.8 Å². The maximum atomic E-state index is 2.30. The molecule has 2 unspecified atom stereocenters. The lowest BCUT2D eigenvalue weighted by atomic mass is 10.4. The van der Waals surface area contributed by atoms with Gasteiger partial charge in [0.15, 0.2) is 0 Å². The van der Waals surface area contributed by atoms with Crippen molar-refractivity contribution in [2.75, 3.05) is 0 Å². The third-order valence-corrected chi connectivity index (χ3v) is 1.51. The molecular weight excluding hydrogens is 132 g/mol. The van der Waals surface area contributed by atoms with E-state index in [1.54, 1.807) is 0 Å². The van der Waals surface area contributed by atoms with Gasteiger partial charge in [0.2, 0.25) is 0 Å². The SMILES string of the molecule is CC.CC.CC.CC1CC1C. The van der Waals surface area contributed by atoms with Gasteiger partial charge in [-0.1, -0.05) is 55.4 Å². The minimum Gasteiger partial charge on any atom is -0.0683 e.